The topological polar surface area (TPSA) is 80.5 Å². The van der Waals surface area contributed by atoms with Crippen molar-refractivity contribution in [1.82, 2.24) is 20.4 Å². The summed E-state index contributed by atoms with van der Waals surface area (Å²) in [6.07, 6.45) is 0. The van der Waals surface area contributed by atoms with Crippen molar-refractivity contribution in [3.63, 3.8) is 0 Å². The minimum atomic E-state index is -0.546. The van der Waals surface area contributed by atoms with Crippen LogP contribution in [0.4, 0.5) is 9.18 Å². The molecule has 1 unspecified atom stereocenters. The SMILES string of the molecule is CCOc1ccc(-c2noc(C3=C(C)N(CC(C)C)C(=O)NC3c3ccc(F)cc3)n2)cc1. The van der Waals surface area contributed by atoms with Crippen LogP contribution in [0.15, 0.2) is 58.8 Å². The van der Waals surface area contributed by atoms with Gasteiger partial charge >= 0.3 is 6.03 Å². The van der Waals surface area contributed by atoms with E-state index < -0.39 is 6.04 Å². The maximum Gasteiger partial charge on any atom is 0.322 e. The lowest BCUT2D eigenvalue weighted by Gasteiger charge is -2.36. The van der Waals surface area contributed by atoms with E-state index in [1.54, 1.807) is 17.0 Å². The number of carbonyl (C=O) groups is 1. The van der Waals surface area contributed by atoms with Crippen molar-refractivity contribution in [2.45, 2.75) is 33.7 Å². The van der Waals surface area contributed by atoms with E-state index in [1.807, 2.05) is 52.0 Å². The van der Waals surface area contributed by atoms with E-state index in [1.165, 1.54) is 12.1 Å². The maximum absolute atomic E-state index is 13.5. The smallest absolute Gasteiger partial charge is 0.322 e. The van der Waals surface area contributed by atoms with Gasteiger partial charge in [-0.1, -0.05) is 31.1 Å². The molecule has 1 atom stereocenters. The zero-order valence-electron chi connectivity index (χ0n) is 19.1. The Kier molecular flexibility index (Phi) is 6.44. The highest BCUT2D eigenvalue weighted by Crippen LogP contribution is 2.37. The molecule has 7 nitrogen and oxygen atoms in total. The van der Waals surface area contributed by atoms with Gasteiger partial charge in [-0.05, 0) is 61.7 Å². The lowest BCUT2D eigenvalue weighted by Crippen LogP contribution is -2.47. The van der Waals surface area contributed by atoms with Crippen molar-refractivity contribution in [1.29, 1.82) is 0 Å². The van der Waals surface area contributed by atoms with Crippen LogP contribution in [0.5, 0.6) is 5.75 Å². The number of ether oxygens (including phenoxy) is 1. The molecule has 0 saturated heterocycles. The largest absolute Gasteiger partial charge is 0.494 e. The molecule has 2 amide bonds. The highest BCUT2D eigenvalue weighted by atomic mass is 19.1. The number of amides is 2. The number of nitrogens with zero attached hydrogens (tertiary/aromatic N) is 3. The Morgan fingerprint density at radius 2 is 1.85 bits per heavy atom. The molecule has 1 aromatic heterocycles. The van der Waals surface area contributed by atoms with Crippen LogP contribution in [-0.4, -0.2) is 34.2 Å². The molecule has 4 rings (SSSR count). The van der Waals surface area contributed by atoms with Gasteiger partial charge in [0.05, 0.1) is 18.2 Å². The minimum absolute atomic E-state index is 0.217. The summed E-state index contributed by atoms with van der Waals surface area (Å²) >= 11 is 0. The highest BCUT2D eigenvalue weighted by Gasteiger charge is 2.35. The number of hydrogen-bond acceptors (Lipinski definition) is 5. The first kappa shape index (κ1) is 22.5. The fourth-order valence-electron chi connectivity index (χ4n) is 3.87. The van der Waals surface area contributed by atoms with Gasteiger partial charge in [0, 0.05) is 17.8 Å². The number of aromatic nitrogens is 2. The van der Waals surface area contributed by atoms with Crippen LogP contribution in [-0.2, 0) is 0 Å². The van der Waals surface area contributed by atoms with E-state index >= 15 is 0 Å². The van der Waals surface area contributed by atoms with Crippen LogP contribution >= 0.6 is 0 Å². The van der Waals surface area contributed by atoms with Crippen molar-refractivity contribution >= 4 is 11.6 Å². The fourth-order valence-corrected chi connectivity index (χ4v) is 3.87. The van der Waals surface area contributed by atoms with Gasteiger partial charge in [0.15, 0.2) is 0 Å². The molecule has 2 heterocycles. The monoisotopic (exact) mass is 450 g/mol. The van der Waals surface area contributed by atoms with Crippen molar-refractivity contribution < 1.29 is 18.4 Å². The van der Waals surface area contributed by atoms with Crippen LogP contribution in [0.25, 0.3) is 17.0 Å². The fraction of sp³-hybridized carbons (Fsp3) is 0.320. The Hall–Kier alpha value is -3.68. The second-order valence-corrected chi connectivity index (χ2v) is 8.32. The second-order valence-electron chi connectivity index (χ2n) is 8.32. The summed E-state index contributed by atoms with van der Waals surface area (Å²) in [6, 6.07) is 12.7. The predicted molar refractivity (Wildman–Crippen MR) is 123 cm³/mol. The van der Waals surface area contributed by atoms with Gasteiger partial charge in [-0.3, -0.25) is 4.90 Å². The summed E-state index contributed by atoms with van der Waals surface area (Å²) in [7, 11) is 0. The van der Waals surface area contributed by atoms with Crippen LogP contribution in [0.3, 0.4) is 0 Å². The molecule has 0 radical (unpaired) electrons. The van der Waals surface area contributed by atoms with E-state index in [4.69, 9.17) is 9.26 Å². The van der Waals surface area contributed by atoms with Gasteiger partial charge in [-0.25, -0.2) is 9.18 Å². The zero-order valence-corrected chi connectivity index (χ0v) is 19.1. The van der Waals surface area contributed by atoms with Crippen LogP contribution in [0, 0.1) is 11.7 Å². The Labute approximate surface area is 192 Å². The quantitative estimate of drug-likeness (QED) is 0.519. The first-order chi connectivity index (χ1) is 15.9. The third-order valence-corrected chi connectivity index (χ3v) is 5.43. The zero-order chi connectivity index (χ0) is 23.5. The third-order valence-electron chi connectivity index (χ3n) is 5.43. The van der Waals surface area contributed by atoms with Gasteiger partial charge in [-0.15, -0.1) is 0 Å². The first-order valence-corrected chi connectivity index (χ1v) is 11.0. The molecule has 2 aromatic carbocycles. The van der Waals surface area contributed by atoms with Gasteiger partial charge < -0.3 is 14.6 Å². The Bertz CT molecular complexity index is 1150. The van der Waals surface area contributed by atoms with Crippen LogP contribution in [0.2, 0.25) is 0 Å². The molecule has 0 saturated carbocycles. The van der Waals surface area contributed by atoms with Crippen molar-refractivity contribution in [2.75, 3.05) is 13.2 Å². The van der Waals surface area contributed by atoms with E-state index in [9.17, 15) is 9.18 Å². The second kappa shape index (κ2) is 9.44. The lowest BCUT2D eigenvalue weighted by atomic mass is 9.94. The van der Waals surface area contributed by atoms with Crippen LogP contribution in [0.1, 0.15) is 45.2 Å². The van der Waals surface area contributed by atoms with Gasteiger partial charge in [-0.2, -0.15) is 4.98 Å². The molecule has 172 valence electrons. The Balaban J connectivity index is 1.75. The van der Waals surface area contributed by atoms with E-state index in [0.717, 1.165) is 22.6 Å². The number of benzene rings is 2. The number of halogens is 1. The normalized spacial score (nSPS) is 16.4. The minimum Gasteiger partial charge on any atom is -0.494 e. The van der Waals surface area contributed by atoms with E-state index in [2.05, 4.69) is 15.5 Å². The Morgan fingerprint density at radius 3 is 2.48 bits per heavy atom. The van der Waals surface area contributed by atoms with Gasteiger partial charge in [0.25, 0.3) is 5.89 Å². The Morgan fingerprint density at radius 1 is 1.15 bits per heavy atom. The molecule has 1 aliphatic rings. The summed E-state index contributed by atoms with van der Waals surface area (Å²) in [5, 5.41) is 7.19. The van der Waals surface area contributed by atoms with Crippen molar-refractivity contribution in [3.8, 4) is 17.1 Å². The number of carbonyl (C=O) groups excluding carboxylic acids is 1. The average Bonchev–Trinajstić information content (AvgIpc) is 3.27. The summed E-state index contributed by atoms with van der Waals surface area (Å²) < 4.78 is 24.7. The number of urea groups is 1. The average molecular weight is 451 g/mol. The molecule has 1 N–H and O–H groups in total. The summed E-state index contributed by atoms with van der Waals surface area (Å²) in [5.41, 5.74) is 2.92. The third kappa shape index (κ3) is 4.74. The molecular formula is C25H27FN4O3. The number of allylic oxidation sites excluding steroid dienone is 1. The summed E-state index contributed by atoms with van der Waals surface area (Å²) in [4.78, 5) is 19.2. The molecule has 33 heavy (non-hydrogen) atoms. The molecule has 1 aliphatic heterocycles. The summed E-state index contributed by atoms with van der Waals surface area (Å²) in [5.74, 6) is 1.41. The van der Waals surface area contributed by atoms with Crippen molar-refractivity contribution in [2.24, 2.45) is 5.92 Å². The lowest BCUT2D eigenvalue weighted by molar-refractivity contribution is 0.199. The van der Waals surface area contributed by atoms with E-state index in [0.29, 0.717) is 30.4 Å². The van der Waals surface area contributed by atoms with Gasteiger partial charge in [0.2, 0.25) is 5.82 Å². The molecule has 0 aliphatic carbocycles. The molecule has 0 spiro atoms. The standard InChI is InChI=1S/C25H27FN4O3/c1-5-32-20-12-8-18(9-13-20)23-28-24(33-29-23)21-16(4)30(14-15(2)3)25(31)27-22(21)17-6-10-19(26)11-7-17/h6-13,15,22H,5,14H2,1-4H3,(H,27,31). The number of rotatable bonds is 7. The first-order valence-electron chi connectivity index (χ1n) is 11.0. The number of hydrogen-bond donors (Lipinski definition) is 1. The molecule has 8 heteroatoms. The van der Waals surface area contributed by atoms with Crippen LogP contribution < -0.4 is 10.1 Å². The summed E-state index contributed by atoms with van der Waals surface area (Å²) in [6.45, 7) is 9.01. The maximum atomic E-state index is 13.5. The molecule has 0 fully saturated rings. The molecule has 0 bridgehead atoms. The predicted octanol–water partition coefficient (Wildman–Crippen LogP) is 5.43. The molecular weight excluding hydrogens is 423 g/mol. The molecule has 3 aromatic rings. The highest BCUT2D eigenvalue weighted by molar-refractivity contribution is 5.86. The van der Waals surface area contributed by atoms with E-state index in [-0.39, 0.29) is 17.8 Å². The van der Waals surface area contributed by atoms with Crippen molar-refractivity contribution in [3.05, 3.63) is 71.5 Å². The van der Waals surface area contributed by atoms with Gasteiger partial charge in [0.1, 0.15) is 11.6 Å². The number of nitrogens with one attached hydrogen (secondary N) is 1.